The Labute approximate surface area is 179 Å². The quantitative estimate of drug-likeness (QED) is 0.443. The number of carbonyl (C=O) groups is 1. The monoisotopic (exact) mass is 417 g/mol. The molecule has 1 aliphatic heterocycles. The Morgan fingerprint density at radius 1 is 1.13 bits per heavy atom. The van der Waals surface area contributed by atoms with Crippen LogP contribution in [0, 0.1) is 0 Å². The van der Waals surface area contributed by atoms with Crippen molar-refractivity contribution >= 4 is 28.4 Å². The molecule has 0 radical (unpaired) electrons. The van der Waals surface area contributed by atoms with E-state index >= 15 is 0 Å². The summed E-state index contributed by atoms with van der Waals surface area (Å²) in [5.41, 5.74) is 2.33. The van der Waals surface area contributed by atoms with Crippen LogP contribution in [0.5, 0.6) is 0 Å². The van der Waals surface area contributed by atoms with Gasteiger partial charge in [0.25, 0.3) is 5.91 Å². The van der Waals surface area contributed by atoms with E-state index in [1.807, 2.05) is 59.5 Å². The number of amides is 1. The number of pyridine rings is 1. The topological polar surface area (TPSA) is 59.2 Å². The van der Waals surface area contributed by atoms with E-state index in [1.165, 1.54) is 0 Å². The molecule has 3 heterocycles. The van der Waals surface area contributed by atoms with Gasteiger partial charge in [-0.1, -0.05) is 48.0 Å². The molecule has 0 saturated carbocycles. The molecule has 2 aromatic heterocycles. The van der Waals surface area contributed by atoms with Gasteiger partial charge in [-0.3, -0.25) is 4.79 Å². The van der Waals surface area contributed by atoms with Crippen LogP contribution in [0.2, 0.25) is 5.02 Å². The van der Waals surface area contributed by atoms with Crippen molar-refractivity contribution < 1.29 is 9.21 Å². The third kappa shape index (κ3) is 3.68. The highest BCUT2D eigenvalue weighted by Crippen LogP contribution is 2.33. The lowest BCUT2D eigenvalue weighted by atomic mass is 10.1. The molecule has 5 rings (SSSR count). The number of carbonyl (C=O) groups excluding carboxylic acids is 1. The predicted octanol–water partition coefficient (Wildman–Crippen LogP) is 5.44. The van der Waals surface area contributed by atoms with E-state index in [1.54, 1.807) is 12.3 Å². The molecule has 0 spiro atoms. The fourth-order valence-corrected chi connectivity index (χ4v) is 4.22. The highest BCUT2D eigenvalue weighted by Gasteiger charge is 2.34. The molecular weight excluding hydrogens is 398 g/mol. The van der Waals surface area contributed by atoms with Gasteiger partial charge in [0, 0.05) is 23.4 Å². The van der Waals surface area contributed by atoms with Crippen LogP contribution in [-0.4, -0.2) is 27.3 Å². The summed E-state index contributed by atoms with van der Waals surface area (Å²) in [5, 5.41) is 1.72. The lowest BCUT2D eigenvalue weighted by molar-refractivity contribution is 0.0709. The zero-order chi connectivity index (χ0) is 20.5. The van der Waals surface area contributed by atoms with E-state index in [-0.39, 0.29) is 11.9 Å². The van der Waals surface area contributed by atoms with Crippen molar-refractivity contribution in [1.29, 1.82) is 0 Å². The number of hydrogen-bond donors (Lipinski definition) is 0. The maximum Gasteiger partial charge on any atom is 0.273 e. The molecule has 30 heavy (non-hydrogen) atoms. The molecule has 1 aliphatic rings. The lowest BCUT2D eigenvalue weighted by Crippen LogP contribution is -2.31. The van der Waals surface area contributed by atoms with Crippen molar-refractivity contribution in [2.45, 2.75) is 25.3 Å². The third-order valence-electron chi connectivity index (χ3n) is 5.46. The van der Waals surface area contributed by atoms with Crippen LogP contribution in [0.3, 0.4) is 0 Å². The van der Waals surface area contributed by atoms with Crippen LogP contribution in [0.15, 0.2) is 71.3 Å². The second-order valence-electron chi connectivity index (χ2n) is 7.52. The molecule has 6 heteroatoms. The normalized spacial score (nSPS) is 16.3. The number of oxazole rings is 1. The first-order valence-electron chi connectivity index (χ1n) is 10.0. The minimum atomic E-state index is -0.168. The molecule has 0 aliphatic carbocycles. The molecule has 150 valence electrons. The van der Waals surface area contributed by atoms with Gasteiger partial charge in [0.1, 0.15) is 17.5 Å². The third-order valence-corrected chi connectivity index (χ3v) is 5.69. The lowest BCUT2D eigenvalue weighted by Gasteiger charge is -2.22. The molecule has 0 bridgehead atoms. The molecule has 1 atom stereocenters. The maximum atomic E-state index is 13.2. The highest BCUT2D eigenvalue weighted by molar-refractivity contribution is 6.30. The highest BCUT2D eigenvalue weighted by atomic mass is 35.5. The van der Waals surface area contributed by atoms with Crippen LogP contribution in [-0.2, 0) is 6.42 Å². The summed E-state index contributed by atoms with van der Waals surface area (Å²) in [5.74, 6) is 1.26. The number of hydrogen-bond acceptors (Lipinski definition) is 4. The van der Waals surface area contributed by atoms with Crippen LogP contribution in [0.4, 0.5) is 0 Å². The van der Waals surface area contributed by atoms with E-state index in [2.05, 4.69) is 9.97 Å². The van der Waals surface area contributed by atoms with E-state index in [0.717, 1.165) is 35.1 Å². The summed E-state index contributed by atoms with van der Waals surface area (Å²) in [6.07, 6.45) is 4.10. The van der Waals surface area contributed by atoms with Crippen LogP contribution >= 0.6 is 11.6 Å². The summed E-state index contributed by atoms with van der Waals surface area (Å²) >= 11 is 6.07. The van der Waals surface area contributed by atoms with Crippen molar-refractivity contribution in [3.05, 3.63) is 94.8 Å². The number of benzene rings is 2. The van der Waals surface area contributed by atoms with Gasteiger partial charge in [-0.2, -0.15) is 0 Å². The van der Waals surface area contributed by atoms with Gasteiger partial charge in [0.2, 0.25) is 5.89 Å². The predicted molar refractivity (Wildman–Crippen MR) is 116 cm³/mol. The van der Waals surface area contributed by atoms with E-state index in [0.29, 0.717) is 29.6 Å². The number of aromatic nitrogens is 2. The first kappa shape index (κ1) is 18.8. The molecule has 0 N–H and O–H groups in total. The minimum Gasteiger partial charge on any atom is -0.443 e. The number of rotatable bonds is 4. The SMILES string of the molecule is O=C(c1ccc2ccccc2n1)N1CCCC1c1ncc(Cc2cccc(Cl)c2)o1. The van der Waals surface area contributed by atoms with E-state index < -0.39 is 0 Å². The Morgan fingerprint density at radius 3 is 2.93 bits per heavy atom. The summed E-state index contributed by atoms with van der Waals surface area (Å²) < 4.78 is 6.03. The fourth-order valence-electron chi connectivity index (χ4n) is 4.01. The molecule has 1 unspecified atom stereocenters. The number of para-hydroxylation sites is 1. The smallest absolute Gasteiger partial charge is 0.273 e. The molecular formula is C24H20ClN3O2. The molecule has 4 aromatic rings. The van der Waals surface area contributed by atoms with Crippen molar-refractivity contribution in [2.75, 3.05) is 6.54 Å². The summed E-state index contributed by atoms with van der Waals surface area (Å²) in [6.45, 7) is 0.671. The average Bonchev–Trinajstić information content (AvgIpc) is 3.42. The van der Waals surface area contributed by atoms with Gasteiger partial charge in [-0.15, -0.1) is 0 Å². The number of likely N-dealkylation sites (tertiary alicyclic amines) is 1. The van der Waals surface area contributed by atoms with Crippen molar-refractivity contribution in [2.24, 2.45) is 0 Å². The molecule has 1 fully saturated rings. The van der Waals surface area contributed by atoms with Gasteiger partial charge < -0.3 is 9.32 Å². The Morgan fingerprint density at radius 2 is 2.03 bits per heavy atom. The summed E-state index contributed by atoms with van der Waals surface area (Å²) in [7, 11) is 0. The Kier molecular flexibility index (Phi) is 4.97. The second kappa shape index (κ2) is 7.92. The molecule has 1 saturated heterocycles. The van der Waals surface area contributed by atoms with Crippen molar-refractivity contribution in [3.63, 3.8) is 0 Å². The Bertz CT molecular complexity index is 1220. The summed E-state index contributed by atoms with van der Waals surface area (Å²) in [6, 6.07) is 19.1. The summed E-state index contributed by atoms with van der Waals surface area (Å²) in [4.78, 5) is 24.1. The fraction of sp³-hybridized carbons (Fsp3) is 0.208. The van der Waals surface area contributed by atoms with Gasteiger partial charge in [-0.25, -0.2) is 9.97 Å². The molecule has 1 amide bonds. The second-order valence-corrected chi connectivity index (χ2v) is 7.95. The van der Waals surface area contributed by atoms with Crippen molar-refractivity contribution in [1.82, 2.24) is 14.9 Å². The first-order chi connectivity index (χ1) is 14.7. The zero-order valence-electron chi connectivity index (χ0n) is 16.3. The Balaban J connectivity index is 1.37. The number of nitrogens with zero attached hydrogens (tertiary/aromatic N) is 3. The van der Waals surface area contributed by atoms with Gasteiger partial charge in [0.15, 0.2) is 0 Å². The van der Waals surface area contributed by atoms with E-state index in [4.69, 9.17) is 16.0 Å². The largest absolute Gasteiger partial charge is 0.443 e. The number of halogens is 1. The Hall–Kier alpha value is -3.18. The van der Waals surface area contributed by atoms with E-state index in [9.17, 15) is 4.79 Å². The maximum absolute atomic E-state index is 13.2. The van der Waals surface area contributed by atoms with Gasteiger partial charge in [0.05, 0.1) is 11.7 Å². The van der Waals surface area contributed by atoms with Gasteiger partial charge >= 0.3 is 0 Å². The average molecular weight is 418 g/mol. The first-order valence-corrected chi connectivity index (χ1v) is 10.4. The minimum absolute atomic E-state index is 0.0853. The zero-order valence-corrected chi connectivity index (χ0v) is 17.0. The number of fused-ring (bicyclic) bond motifs is 1. The molecule has 2 aromatic carbocycles. The van der Waals surface area contributed by atoms with Crippen LogP contribution in [0.1, 0.15) is 46.6 Å². The van der Waals surface area contributed by atoms with Crippen molar-refractivity contribution in [3.8, 4) is 0 Å². The molecule has 5 nitrogen and oxygen atoms in total. The standard InChI is InChI=1S/C24H20ClN3O2/c25-18-7-3-5-16(13-18)14-19-15-26-23(30-19)22-9-4-12-28(22)24(29)21-11-10-17-6-1-2-8-20(17)27-21/h1-3,5-8,10-11,13,15,22H,4,9,12,14H2. The van der Waals surface area contributed by atoms with Gasteiger partial charge in [-0.05, 0) is 42.7 Å². The van der Waals surface area contributed by atoms with Crippen LogP contribution in [0.25, 0.3) is 10.9 Å². The van der Waals surface area contributed by atoms with Crippen LogP contribution < -0.4 is 0 Å².